The van der Waals surface area contributed by atoms with Gasteiger partial charge in [-0.1, -0.05) is 48.5 Å². The van der Waals surface area contributed by atoms with Gasteiger partial charge in [-0.25, -0.2) is 0 Å². The Kier molecular flexibility index (Phi) is 18.9. The molecule has 0 aromatic heterocycles. The lowest BCUT2D eigenvalue weighted by molar-refractivity contribution is -0.0268. The summed E-state index contributed by atoms with van der Waals surface area (Å²) in [4.78, 5) is 2.63. The largest absolute Gasteiger partial charge is 0.382 e. The molecule has 2 aliphatic heterocycles. The van der Waals surface area contributed by atoms with E-state index in [1.807, 2.05) is 0 Å². The molecule has 2 bridgehead atoms. The summed E-state index contributed by atoms with van der Waals surface area (Å²) in [6, 6.07) is 18.2. The summed E-state index contributed by atoms with van der Waals surface area (Å²) in [5.74, 6) is 0. The smallest absolute Gasteiger partial charge is 0.0701 e. The van der Waals surface area contributed by atoms with Crippen LogP contribution in [0.1, 0.15) is 35.2 Å². The number of fused-ring (bicyclic) bond motifs is 7. The molecule has 2 aromatic rings. The van der Waals surface area contributed by atoms with Crippen LogP contribution in [0, 0.1) is 0 Å². The maximum absolute atomic E-state index is 5.98. The number of methoxy groups -OCH3 is 1. The summed E-state index contributed by atoms with van der Waals surface area (Å²) < 4.78 is 54.9. The first-order valence-electron chi connectivity index (χ1n) is 17.4. The van der Waals surface area contributed by atoms with Crippen LogP contribution in [0.3, 0.4) is 0 Å². The fourth-order valence-corrected chi connectivity index (χ4v) is 6.31. The fraction of sp³-hybridized carbons (Fsp3) is 0.676. The van der Waals surface area contributed by atoms with Crippen LogP contribution in [-0.2, 0) is 59.3 Å². The minimum Gasteiger partial charge on any atom is -0.382 e. The van der Waals surface area contributed by atoms with Crippen LogP contribution in [0.5, 0.6) is 0 Å². The van der Waals surface area contributed by atoms with Gasteiger partial charge in [0.15, 0.2) is 0 Å². The number of ether oxygens (including phenoxy) is 10. The zero-order valence-electron chi connectivity index (χ0n) is 29.1. The van der Waals surface area contributed by atoms with E-state index in [1.165, 1.54) is 22.3 Å². The lowest BCUT2D eigenvalue weighted by Gasteiger charge is -2.44. The van der Waals surface area contributed by atoms with E-state index in [-0.39, 0.29) is 5.54 Å². The van der Waals surface area contributed by atoms with Crippen LogP contribution < -0.4 is 0 Å². The summed E-state index contributed by atoms with van der Waals surface area (Å²) in [6.45, 7) is 13.7. The highest BCUT2D eigenvalue weighted by molar-refractivity contribution is 5.54. The highest BCUT2D eigenvalue weighted by Gasteiger charge is 2.51. The molecule has 0 amide bonds. The van der Waals surface area contributed by atoms with Crippen molar-refractivity contribution in [1.29, 1.82) is 0 Å². The van der Waals surface area contributed by atoms with Crippen molar-refractivity contribution in [2.24, 2.45) is 0 Å². The van der Waals surface area contributed by atoms with Crippen LogP contribution in [0.2, 0.25) is 0 Å². The first-order valence-corrected chi connectivity index (χ1v) is 17.4. The Labute approximate surface area is 286 Å². The zero-order valence-corrected chi connectivity index (χ0v) is 29.1. The van der Waals surface area contributed by atoms with Crippen molar-refractivity contribution >= 4 is 0 Å². The standard InChI is InChI=1S/C37H57NO10/c1-37-34-9-5-3-7-32(34)31-36(33-8-4-6-10-35(33)37)38(37)11-12-40-15-16-42-19-20-44-23-24-46-27-28-48-30-29-47-26-25-45-22-21-43-18-17-41-14-13-39-2/h3-10,36H,11-31H2,1-2H3/t36-,37+/m1/s1. The molecule has 4 rings (SSSR count). The van der Waals surface area contributed by atoms with Gasteiger partial charge in [-0.2, -0.15) is 0 Å². The number of rotatable bonds is 30. The van der Waals surface area contributed by atoms with Gasteiger partial charge in [0.1, 0.15) is 0 Å². The quantitative estimate of drug-likeness (QED) is 0.114. The van der Waals surface area contributed by atoms with Crippen molar-refractivity contribution in [3.63, 3.8) is 0 Å². The molecule has 2 atom stereocenters. The number of hydrogen-bond donors (Lipinski definition) is 0. The second-order valence-electron chi connectivity index (χ2n) is 11.7. The molecule has 2 aliphatic rings. The molecule has 2 aromatic carbocycles. The van der Waals surface area contributed by atoms with Crippen molar-refractivity contribution in [1.82, 2.24) is 4.90 Å². The predicted octanol–water partition coefficient (Wildman–Crippen LogP) is 3.66. The summed E-state index contributed by atoms with van der Waals surface area (Å²) in [7, 11) is 1.65. The van der Waals surface area contributed by atoms with E-state index in [0.717, 1.165) is 13.0 Å². The zero-order chi connectivity index (χ0) is 33.5. The molecule has 2 heterocycles. The summed E-state index contributed by atoms with van der Waals surface area (Å²) in [5.41, 5.74) is 5.64. The van der Waals surface area contributed by atoms with Gasteiger partial charge in [-0.3, -0.25) is 4.90 Å². The van der Waals surface area contributed by atoms with Crippen molar-refractivity contribution in [3.8, 4) is 0 Å². The predicted molar refractivity (Wildman–Crippen MR) is 182 cm³/mol. The Balaban J connectivity index is 0.874. The van der Waals surface area contributed by atoms with Gasteiger partial charge in [0, 0.05) is 19.7 Å². The monoisotopic (exact) mass is 675 g/mol. The minimum absolute atomic E-state index is 0.118. The molecule has 0 unspecified atom stereocenters. The molecule has 0 N–H and O–H groups in total. The Morgan fingerprint density at radius 2 is 0.875 bits per heavy atom. The highest BCUT2D eigenvalue weighted by atomic mass is 16.6. The molecule has 48 heavy (non-hydrogen) atoms. The second kappa shape index (κ2) is 23.4. The molecule has 270 valence electrons. The van der Waals surface area contributed by atoms with E-state index in [9.17, 15) is 0 Å². The van der Waals surface area contributed by atoms with Crippen LogP contribution in [0.15, 0.2) is 48.5 Å². The average Bonchev–Trinajstić information content (AvgIpc) is 3.28. The van der Waals surface area contributed by atoms with Gasteiger partial charge in [0.2, 0.25) is 0 Å². The van der Waals surface area contributed by atoms with Crippen LogP contribution in [-0.4, -0.2) is 144 Å². The van der Waals surface area contributed by atoms with Crippen molar-refractivity contribution in [2.75, 3.05) is 139 Å². The highest BCUT2D eigenvalue weighted by Crippen LogP contribution is 2.55. The molecule has 0 saturated heterocycles. The van der Waals surface area contributed by atoms with Crippen LogP contribution in [0.25, 0.3) is 0 Å². The lowest BCUT2D eigenvalue weighted by atomic mass is 9.80. The van der Waals surface area contributed by atoms with E-state index in [2.05, 4.69) is 60.4 Å². The molecule has 0 spiro atoms. The average molecular weight is 676 g/mol. The Hall–Kier alpha value is -2.00. The Bertz CT molecular complexity index is 1110. The normalized spacial score (nSPS) is 18.3. The minimum atomic E-state index is -0.118. The maximum atomic E-state index is 5.98. The number of hydrogen-bond acceptors (Lipinski definition) is 11. The molecule has 0 saturated carbocycles. The van der Waals surface area contributed by atoms with Gasteiger partial charge in [-0.15, -0.1) is 0 Å². The van der Waals surface area contributed by atoms with Crippen LogP contribution in [0.4, 0.5) is 0 Å². The van der Waals surface area contributed by atoms with Gasteiger partial charge < -0.3 is 47.4 Å². The van der Waals surface area contributed by atoms with E-state index < -0.39 is 0 Å². The first-order chi connectivity index (χ1) is 23.8. The number of nitrogens with zero attached hydrogens (tertiary/aromatic N) is 1. The van der Waals surface area contributed by atoms with Crippen LogP contribution >= 0.6 is 0 Å². The van der Waals surface area contributed by atoms with E-state index in [1.54, 1.807) is 7.11 Å². The second-order valence-corrected chi connectivity index (χ2v) is 11.7. The summed E-state index contributed by atoms with van der Waals surface area (Å²) >= 11 is 0. The van der Waals surface area contributed by atoms with Gasteiger partial charge in [0.05, 0.1) is 131 Å². The molecule has 0 radical (unpaired) electrons. The van der Waals surface area contributed by atoms with E-state index >= 15 is 0 Å². The Morgan fingerprint density at radius 3 is 1.33 bits per heavy atom. The fourth-order valence-electron chi connectivity index (χ4n) is 6.31. The SMILES string of the molecule is COCCOCCOCCOCCOCCOCCOCCOCCOCCOCCN1[C@@H]2Cc3ccccc3[C@@]1(C)c1ccccc12. The van der Waals surface area contributed by atoms with Crippen molar-refractivity contribution in [2.45, 2.75) is 24.9 Å². The third-order valence-electron chi connectivity index (χ3n) is 8.63. The van der Waals surface area contributed by atoms with E-state index in [0.29, 0.717) is 132 Å². The summed E-state index contributed by atoms with van der Waals surface area (Å²) in [6.07, 6.45) is 1.04. The molecule has 11 heteroatoms. The molecule has 11 nitrogen and oxygen atoms in total. The molecule has 0 fully saturated rings. The topological polar surface area (TPSA) is 95.5 Å². The molecular weight excluding hydrogens is 618 g/mol. The van der Waals surface area contributed by atoms with Gasteiger partial charge >= 0.3 is 0 Å². The van der Waals surface area contributed by atoms with Gasteiger partial charge in [-0.05, 0) is 35.6 Å². The third-order valence-corrected chi connectivity index (χ3v) is 8.63. The third kappa shape index (κ3) is 12.4. The van der Waals surface area contributed by atoms with Gasteiger partial charge in [0.25, 0.3) is 0 Å². The number of benzene rings is 2. The Morgan fingerprint density at radius 1 is 0.500 bits per heavy atom. The maximum Gasteiger partial charge on any atom is 0.0701 e. The molecular formula is C37H57NO10. The lowest BCUT2D eigenvalue weighted by Crippen LogP contribution is -2.47. The van der Waals surface area contributed by atoms with Crippen molar-refractivity contribution < 1.29 is 47.4 Å². The summed E-state index contributed by atoms with van der Waals surface area (Å²) in [5, 5.41) is 0. The van der Waals surface area contributed by atoms with E-state index in [4.69, 9.17) is 47.4 Å². The van der Waals surface area contributed by atoms with Crippen molar-refractivity contribution in [3.05, 3.63) is 70.8 Å². The first kappa shape index (κ1) is 38.8. The molecule has 0 aliphatic carbocycles.